The number of fused-ring (bicyclic) bond motifs is 1. The Morgan fingerprint density at radius 2 is 1.83 bits per heavy atom. The van der Waals surface area contributed by atoms with E-state index in [-0.39, 0.29) is 11.8 Å². The highest BCUT2D eigenvalue weighted by Gasteiger charge is 2.31. The molecule has 1 aliphatic heterocycles. The minimum Gasteiger partial charge on any atom is -0.325 e. The summed E-state index contributed by atoms with van der Waals surface area (Å²) in [5.41, 5.74) is 4.19. The van der Waals surface area contributed by atoms with Crippen molar-refractivity contribution < 1.29 is 4.79 Å². The lowest BCUT2D eigenvalue weighted by Crippen LogP contribution is -2.13. The van der Waals surface area contributed by atoms with Gasteiger partial charge in [-0.3, -0.25) is 4.79 Å². The van der Waals surface area contributed by atoms with Gasteiger partial charge in [-0.15, -0.1) is 0 Å². The summed E-state index contributed by atoms with van der Waals surface area (Å²) < 4.78 is 0.978. The maximum Gasteiger partial charge on any atom is 0.236 e. The van der Waals surface area contributed by atoms with Crippen LogP contribution in [0.15, 0.2) is 46.9 Å². The average molecular weight is 302 g/mol. The Hall–Kier alpha value is -1.61. The molecule has 90 valence electrons. The van der Waals surface area contributed by atoms with Gasteiger partial charge in [-0.05, 0) is 30.2 Å². The number of carbonyl (C=O) groups is 1. The molecule has 0 saturated carbocycles. The number of rotatable bonds is 1. The quantitative estimate of drug-likeness (QED) is 0.852. The van der Waals surface area contributed by atoms with Gasteiger partial charge in [0.1, 0.15) is 0 Å². The molecule has 3 heteroatoms. The normalized spacial score (nSPS) is 17.4. The molecule has 2 nitrogen and oxygen atoms in total. The van der Waals surface area contributed by atoms with Gasteiger partial charge >= 0.3 is 0 Å². The SMILES string of the molecule is Cc1ccc(C2C(=O)Nc3cc(Br)ccc32)cc1. The molecule has 1 heterocycles. The van der Waals surface area contributed by atoms with Crippen molar-refractivity contribution in [2.45, 2.75) is 12.8 Å². The summed E-state index contributed by atoms with van der Waals surface area (Å²) in [6.07, 6.45) is 0. The van der Waals surface area contributed by atoms with Gasteiger partial charge in [-0.1, -0.05) is 51.8 Å². The van der Waals surface area contributed by atoms with Crippen LogP contribution < -0.4 is 5.32 Å². The Morgan fingerprint density at radius 1 is 1.11 bits per heavy atom. The molecule has 3 rings (SSSR count). The number of amides is 1. The van der Waals surface area contributed by atoms with Crippen LogP contribution in [0, 0.1) is 6.92 Å². The van der Waals surface area contributed by atoms with Gasteiger partial charge in [0.2, 0.25) is 5.91 Å². The zero-order valence-corrected chi connectivity index (χ0v) is 11.5. The number of hydrogen-bond acceptors (Lipinski definition) is 1. The van der Waals surface area contributed by atoms with Crippen LogP contribution in [0.5, 0.6) is 0 Å². The number of carbonyl (C=O) groups excluding carboxylic acids is 1. The second-order valence-corrected chi connectivity index (χ2v) is 5.48. The van der Waals surface area contributed by atoms with Crippen LogP contribution in [-0.4, -0.2) is 5.91 Å². The first-order valence-electron chi connectivity index (χ1n) is 5.82. The van der Waals surface area contributed by atoms with Crippen LogP contribution in [0.25, 0.3) is 0 Å². The van der Waals surface area contributed by atoms with E-state index in [1.807, 2.05) is 49.4 Å². The van der Waals surface area contributed by atoms with E-state index in [0.717, 1.165) is 21.3 Å². The molecule has 0 bridgehead atoms. The molecule has 18 heavy (non-hydrogen) atoms. The molecule has 0 aliphatic carbocycles. The second-order valence-electron chi connectivity index (χ2n) is 4.56. The molecular formula is C15H12BrNO. The van der Waals surface area contributed by atoms with Crippen LogP contribution in [0.4, 0.5) is 5.69 Å². The van der Waals surface area contributed by atoms with E-state index in [2.05, 4.69) is 21.2 Å². The smallest absolute Gasteiger partial charge is 0.236 e. The van der Waals surface area contributed by atoms with Gasteiger partial charge in [0.25, 0.3) is 0 Å². The first-order chi connectivity index (χ1) is 8.65. The first-order valence-corrected chi connectivity index (χ1v) is 6.61. The van der Waals surface area contributed by atoms with Gasteiger partial charge in [0.05, 0.1) is 5.92 Å². The van der Waals surface area contributed by atoms with Gasteiger partial charge in [-0.2, -0.15) is 0 Å². The van der Waals surface area contributed by atoms with Crippen LogP contribution >= 0.6 is 15.9 Å². The van der Waals surface area contributed by atoms with Crippen LogP contribution in [0.1, 0.15) is 22.6 Å². The molecule has 2 aromatic carbocycles. The summed E-state index contributed by atoms with van der Waals surface area (Å²) in [7, 11) is 0. The van der Waals surface area contributed by atoms with E-state index in [9.17, 15) is 4.79 Å². The predicted molar refractivity (Wildman–Crippen MR) is 75.8 cm³/mol. The van der Waals surface area contributed by atoms with E-state index >= 15 is 0 Å². The van der Waals surface area contributed by atoms with E-state index in [1.54, 1.807) is 0 Å². The molecule has 1 N–H and O–H groups in total. The summed E-state index contributed by atoms with van der Waals surface area (Å²) in [5.74, 6) is -0.138. The van der Waals surface area contributed by atoms with Crippen molar-refractivity contribution in [3.05, 3.63) is 63.6 Å². The van der Waals surface area contributed by atoms with Crippen molar-refractivity contribution in [3.8, 4) is 0 Å². The van der Waals surface area contributed by atoms with Crippen LogP contribution in [-0.2, 0) is 4.79 Å². The van der Waals surface area contributed by atoms with Crippen molar-refractivity contribution in [2.75, 3.05) is 5.32 Å². The highest BCUT2D eigenvalue weighted by atomic mass is 79.9. The molecule has 0 spiro atoms. The summed E-state index contributed by atoms with van der Waals surface area (Å²) >= 11 is 3.42. The van der Waals surface area contributed by atoms with E-state index < -0.39 is 0 Å². The molecular weight excluding hydrogens is 290 g/mol. The Morgan fingerprint density at radius 3 is 2.56 bits per heavy atom. The van der Waals surface area contributed by atoms with Gasteiger partial charge in [0.15, 0.2) is 0 Å². The Labute approximate surface area is 114 Å². The molecule has 0 aromatic heterocycles. The average Bonchev–Trinajstić information content (AvgIpc) is 2.65. The lowest BCUT2D eigenvalue weighted by Gasteiger charge is -2.09. The van der Waals surface area contributed by atoms with E-state index in [0.29, 0.717) is 0 Å². The monoisotopic (exact) mass is 301 g/mol. The second kappa shape index (κ2) is 4.25. The number of halogens is 1. The molecule has 0 radical (unpaired) electrons. The third-order valence-electron chi connectivity index (χ3n) is 3.26. The summed E-state index contributed by atoms with van der Waals surface area (Å²) in [6.45, 7) is 2.05. The predicted octanol–water partition coefficient (Wildman–Crippen LogP) is 3.84. The highest BCUT2D eigenvalue weighted by Crippen LogP contribution is 2.38. The Bertz CT molecular complexity index is 619. The van der Waals surface area contributed by atoms with Crippen molar-refractivity contribution in [1.29, 1.82) is 0 Å². The number of anilines is 1. The van der Waals surface area contributed by atoms with Crippen molar-refractivity contribution in [1.82, 2.24) is 0 Å². The number of benzene rings is 2. The molecule has 0 fully saturated rings. The van der Waals surface area contributed by atoms with Crippen LogP contribution in [0.2, 0.25) is 0 Å². The maximum atomic E-state index is 12.1. The molecule has 1 aliphatic rings. The summed E-state index contributed by atoms with van der Waals surface area (Å²) in [5, 5.41) is 2.93. The summed E-state index contributed by atoms with van der Waals surface area (Å²) in [6, 6.07) is 14.1. The molecule has 2 aromatic rings. The lowest BCUT2D eigenvalue weighted by atomic mass is 9.92. The number of aryl methyl sites for hydroxylation is 1. The zero-order chi connectivity index (χ0) is 12.7. The minimum absolute atomic E-state index is 0.0481. The van der Waals surface area contributed by atoms with Crippen molar-refractivity contribution >= 4 is 27.5 Å². The molecule has 1 amide bonds. The fourth-order valence-electron chi connectivity index (χ4n) is 2.32. The summed E-state index contributed by atoms with van der Waals surface area (Å²) in [4.78, 5) is 12.1. The fourth-order valence-corrected chi connectivity index (χ4v) is 2.69. The Balaban J connectivity index is 2.09. The third-order valence-corrected chi connectivity index (χ3v) is 3.75. The molecule has 1 atom stereocenters. The fraction of sp³-hybridized carbons (Fsp3) is 0.133. The molecule has 1 unspecified atom stereocenters. The van der Waals surface area contributed by atoms with Crippen molar-refractivity contribution in [3.63, 3.8) is 0 Å². The highest BCUT2D eigenvalue weighted by molar-refractivity contribution is 9.10. The Kier molecular flexibility index (Phi) is 2.71. The third kappa shape index (κ3) is 1.85. The van der Waals surface area contributed by atoms with Crippen LogP contribution in [0.3, 0.4) is 0 Å². The van der Waals surface area contributed by atoms with Crippen molar-refractivity contribution in [2.24, 2.45) is 0 Å². The lowest BCUT2D eigenvalue weighted by molar-refractivity contribution is -0.116. The first kappa shape index (κ1) is 11.5. The molecule has 0 saturated heterocycles. The minimum atomic E-state index is -0.186. The van der Waals surface area contributed by atoms with Gasteiger partial charge in [0, 0.05) is 10.2 Å². The largest absolute Gasteiger partial charge is 0.325 e. The van der Waals surface area contributed by atoms with E-state index in [1.165, 1.54) is 5.56 Å². The zero-order valence-electron chi connectivity index (χ0n) is 9.91. The van der Waals surface area contributed by atoms with E-state index in [4.69, 9.17) is 0 Å². The van der Waals surface area contributed by atoms with Gasteiger partial charge < -0.3 is 5.32 Å². The standard InChI is InChI=1S/C15H12BrNO/c1-9-2-4-10(5-3-9)14-12-7-6-11(16)8-13(12)17-15(14)18/h2-8,14H,1H3,(H,17,18). The number of nitrogens with one attached hydrogen (secondary N) is 1. The van der Waals surface area contributed by atoms with Gasteiger partial charge in [-0.25, -0.2) is 0 Å². The topological polar surface area (TPSA) is 29.1 Å². The maximum absolute atomic E-state index is 12.1. The number of hydrogen-bond donors (Lipinski definition) is 1.